The van der Waals surface area contributed by atoms with Crippen molar-refractivity contribution < 1.29 is 20.1 Å². The van der Waals surface area contributed by atoms with Gasteiger partial charge in [0.15, 0.2) is 0 Å². The van der Waals surface area contributed by atoms with Crippen LogP contribution >= 0.6 is 0 Å². The number of carboxylic acids is 1. The van der Waals surface area contributed by atoms with E-state index in [1.165, 1.54) is 6.07 Å². The highest BCUT2D eigenvalue weighted by molar-refractivity contribution is 5.91. The van der Waals surface area contributed by atoms with Crippen molar-refractivity contribution in [2.45, 2.75) is 39.0 Å². The fraction of sp³-hybridized carbons (Fsp3) is 0.462. The number of hydrogen-bond donors (Lipinski definition) is 3. The summed E-state index contributed by atoms with van der Waals surface area (Å²) in [4.78, 5) is 10.8. The molecule has 0 atom stereocenters. The van der Waals surface area contributed by atoms with Crippen molar-refractivity contribution in [2.24, 2.45) is 0 Å². The summed E-state index contributed by atoms with van der Waals surface area (Å²) in [5.74, 6) is -1.62. The molecule has 1 aromatic rings. The zero-order chi connectivity index (χ0) is 12.8. The van der Waals surface area contributed by atoms with E-state index in [-0.39, 0.29) is 11.3 Å². The maximum Gasteiger partial charge on any atom is 0.339 e. The average Bonchev–Trinajstić information content (AvgIpc) is 2.26. The van der Waals surface area contributed by atoms with Gasteiger partial charge in [0.1, 0.15) is 17.1 Å². The number of aromatic carboxylic acids is 1. The number of phenols is 2. The van der Waals surface area contributed by atoms with Crippen LogP contribution in [0.3, 0.4) is 0 Å². The number of benzene rings is 1. The molecule has 0 aliphatic carbocycles. The smallest absolute Gasteiger partial charge is 0.339 e. The van der Waals surface area contributed by atoms with Crippen molar-refractivity contribution in [1.82, 2.24) is 0 Å². The molecule has 0 heterocycles. The molecule has 0 bridgehead atoms. The van der Waals surface area contributed by atoms with Crippen LogP contribution < -0.4 is 0 Å². The normalized spacial score (nSPS) is 10.4. The van der Waals surface area contributed by atoms with Gasteiger partial charge in [0.2, 0.25) is 0 Å². The minimum Gasteiger partial charge on any atom is -0.508 e. The highest BCUT2D eigenvalue weighted by Crippen LogP contribution is 2.28. The summed E-state index contributed by atoms with van der Waals surface area (Å²) in [6, 6.07) is 2.44. The Balaban J connectivity index is 2.77. The summed E-state index contributed by atoms with van der Waals surface area (Å²) in [6.45, 7) is 2.11. The Labute approximate surface area is 101 Å². The zero-order valence-corrected chi connectivity index (χ0v) is 9.94. The van der Waals surface area contributed by atoms with Crippen LogP contribution in [0, 0.1) is 0 Å². The van der Waals surface area contributed by atoms with Crippen LogP contribution in [0.4, 0.5) is 0 Å². The summed E-state index contributed by atoms with van der Waals surface area (Å²) in [7, 11) is 0. The molecule has 0 aliphatic rings. The van der Waals surface area contributed by atoms with E-state index in [4.69, 9.17) is 5.11 Å². The summed E-state index contributed by atoms with van der Waals surface area (Å²) in [6.07, 6.45) is 4.85. The molecule has 94 valence electrons. The molecule has 1 aromatic carbocycles. The maximum atomic E-state index is 10.8. The first-order valence-corrected chi connectivity index (χ1v) is 5.84. The lowest BCUT2D eigenvalue weighted by molar-refractivity contribution is 0.0693. The molecule has 0 spiro atoms. The number of aromatic hydroxyl groups is 2. The molecule has 0 aromatic heterocycles. The molecular weight excluding hydrogens is 220 g/mol. The Hall–Kier alpha value is -1.71. The molecule has 1 rings (SSSR count). The second-order valence-corrected chi connectivity index (χ2v) is 4.11. The van der Waals surface area contributed by atoms with Crippen molar-refractivity contribution in [3.05, 3.63) is 23.3 Å². The Kier molecular flexibility index (Phi) is 4.82. The Bertz CT molecular complexity index is 399. The highest BCUT2D eigenvalue weighted by Gasteiger charge is 2.13. The summed E-state index contributed by atoms with van der Waals surface area (Å²) in [5.41, 5.74) is 0.421. The van der Waals surface area contributed by atoms with E-state index in [1.807, 2.05) is 0 Å². The number of unbranched alkanes of at least 4 members (excludes halogenated alkanes) is 3. The highest BCUT2D eigenvalue weighted by atomic mass is 16.4. The van der Waals surface area contributed by atoms with E-state index in [1.54, 1.807) is 0 Å². The number of carboxylic acid groups (broad SMARTS) is 1. The van der Waals surface area contributed by atoms with E-state index >= 15 is 0 Å². The van der Waals surface area contributed by atoms with Crippen molar-refractivity contribution >= 4 is 5.97 Å². The van der Waals surface area contributed by atoms with Crippen LogP contribution in [0.5, 0.6) is 11.5 Å². The van der Waals surface area contributed by atoms with E-state index < -0.39 is 11.7 Å². The van der Waals surface area contributed by atoms with Gasteiger partial charge in [-0.1, -0.05) is 26.2 Å². The number of rotatable bonds is 6. The molecule has 0 aliphatic heterocycles. The summed E-state index contributed by atoms with van der Waals surface area (Å²) >= 11 is 0. The van der Waals surface area contributed by atoms with Gasteiger partial charge in [0, 0.05) is 6.07 Å². The molecule has 4 heteroatoms. The molecule has 4 nitrogen and oxygen atoms in total. The van der Waals surface area contributed by atoms with Gasteiger partial charge < -0.3 is 15.3 Å². The Morgan fingerprint density at radius 3 is 2.41 bits per heavy atom. The monoisotopic (exact) mass is 238 g/mol. The first kappa shape index (κ1) is 13.4. The second kappa shape index (κ2) is 6.13. The van der Waals surface area contributed by atoms with Crippen molar-refractivity contribution in [1.29, 1.82) is 0 Å². The molecule has 0 amide bonds. The zero-order valence-electron chi connectivity index (χ0n) is 9.94. The SMILES string of the molecule is CCCCCCc1cc(C(=O)O)c(O)cc1O. The van der Waals surface area contributed by atoms with Gasteiger partial charge in [-0.15, -0.1) is 0 Å². The van der Waals surface area contributed by atoms with Crippen molar-refractivity contribution in [3.63, 3.8) is 0 Å². The van der Waals surface area contributed by atoms with Gasteiger partial charge in [-0.2, -0.15) is 0 Å². The fourth-order valence-electron chi connectivity index (χ4n) is 1.74. The number of carbonyl (C=O) groups is 1. The minimum atomic E-state index is -1.18. The fourth-order valence-corrected chi connectivity index (χ4v) is 1.74. The lowest BCUT2D eigenvalue weighted by Gasteiger charge is -2.07. The standard InChI is InChI=1S/C13H18O4/c1-2-3-4-5-6-9-7-10(13(16)17)12(15)8-11(9)14/h7-8,14-15H,2-6H2,1H3,(H,16,17). The molecule has 0 unspecified atom stereocenters. The van der Waals surface area contributed by atoms with Gasteiger partial charge >= 0.3 is 5.97 Å². The molecule has 3 N–H and O–H groups in total. The quantitative estimate of drug-likeness (QED) is 0.666. The third-order valence-electron chi connectivity index (χ3n) is 2.73. The third-order valence-corrected chi connectivity index (χ3v) is 2.73. The third kappa shape index (κ3) is 3.66. The molecule has 17 heavy (non-hydrogen) atoms. The van der Waals surface area contributed by atoms with Crippen molar-refractivity contribution in [3.8, 4) is 11.5 Å². The molecule has 0 radical (unpaired) electrons. The van der Waals surface area contributed by atoms with Crippen molar-refractivity contribution in [2.75, 3.05) is 0 Å². The van der Waals surface area contributed by atoms with E-state index in [0.717, 1.165) is 31.7 Å². The van der Waals surface area contributed by atoms with Gasteiger partial charge in [-0.3, -0.25) is 0 Å². The lowest BCUT2D eigenvalue weighted by Crippen LogP contribution is -1.99. The van der Waals surface area contributed by atoms with Gasteiger partial charge in [0.25, 0.3) is 0 Å². The van der Waals surface area contributed by atoms with Gasteiger partial charge in [-0.25, -0.2) is 4.79 Å². The van der Waals surface area contributed by atoms with Crippen LogP contribution in [-0.4, -0.2) is 21.3 Å². The Morgan fingerprint density at radius 2 is 1.82 bits per heavy atom. The van der Waals surface area contributed by atoms with Crippen LogP contribution in [-0.2, 0) is 6.42 Å². The van der Waals surface area contributed by atoms with E-state index in [9.17, 15) is 15.0 Å². The lowest BCUT2D eigenvalue weighted by atomic mass is 10.0. The number of hydrogen-bond acceptors (Lipinski definition) is 3. The second-order valence-electron chi connectivity index (χ2n) is 4.11. The van der Waals surface area contributed by atoms with E-state index in [2.05, 4.69) is 6.92 Å². The van der Waals surface area contributed by atoms with E-state index in [0.29, 0.717) is 12.0 Å². The summed E-state index contributed by atoms with van der Waals surface area (Å²) in [5, 5.41) is 27.8. The molecule has 0 saturated heterocycles. The Morgan fingerprint density at radius 1 is 1.12 bits per heavy atom. The van der Waals surface area contributed by atoms with Crippen LogP contribution in [0.1, 0.15) is 48.5 Å². The minimum absolute atomic E-state index is 0.0380. The largest absolute Gasteiger partial charge is 0.508 e. The first-order valence-electron chi connectivity index (χ1n) is 5.84. The van der Waals surface area contributed by atoms with Gasteiger partial charge in [0.05, 0.1) is 0 Å². The first-order chi connectivity index (χ1) is 8.06. The molecule has 0 saturated carbocycles. The maximum absolute atomic E-state index is 10.8. The predicted octanol–water partition coefficient (Wildman–Crippen LogP) is 2.92. The van der Waals surface area contributed by atoms with Gasteiger partial charge in [-0.05, 0) is 24.5 Å². The number of phenolic OH excluding ortho intramolecular Hbond substituents is 1. The molecular formula is C13H18O4. The average molecular weight is 238 g/mol. The predicted molar refractivity (Wildman–Crippen MR) is 64.6 cm³/mol. The van der Waals surface area contributed by atoms with Crippen LogP contribution in [0.2, 0.25) is 0 Å². The van der Waals surface area contributed by atoms with Crippen LogP contribution in [0.15, 0.2) is 12.1 Å². The molecule has 0 fully saturated rings. The van der Waals surface area contributed by atoms with Crippen LogP contribution in [0.25, 0.3) is 0 Å². The summed E-state index contributed by atoms with van der Waals surface area (Å²) < 4.78 is 0. The number of aryl methyl sites for hydroxylation is 1. The topological polar surface area (TPSA) is 77.8 Å².